The summed E-state index contributed by atoms with van der Waals surface area (Å²) in [5, 5.41) is 3.22. The largest absolute Gasteiger partial charge is 0.348 e. The number of piperidine rings is 1. The van der Waals surface area contributed by atoms with Gasteiger partial charge in [-0.05, 0) is 76.4 Å². The van der Waals surface area contributed by atoms with Gasteiger partial charge >= 0.3 is 0 Å². The molecule has 1 saturated carbocycles. The van der Waals surface area contributed by atoms with Crippen molar-refractivity contribution >= 4 is 11.8 Å². The molecule has 1 aliphatic heterocycles. The molecule has 0 unspecified atom stereocenters. The predicted octanol–water partition coefficient (Wildman–Crippen LogP) is 5.19. The summed E-state index contributed by atoms with van der Waals surface area (Å²) in [6.07, 6.45) is 7.36. The number of nitrogens with zero attached hydrogens (tertiary/aromatic N) is 1. The van der Waals surface area contributed by atoms with Crippen molar-refractivity contribution in [1.29, 1.82) is 0 Å². The molecular formula is C28H36N2O2. The van der Waals surface area contributed by atoms with Crippen LogP contribution in [0.2, 0.25) is 0 Å². The van der Waals surface area contributed by atoms with Crippen molar-refractivity contribution in [1.82, 2.24) is 10.2 Å². The fourth-order valence-corrected chi connectivity index (χ4v) is 5.47. The van der Waals surface area contributed by atoms with Crippen molar-refractivity contribution < 1.29 is 9.59 Å². The molecule has 0 bridgehead atoms. The number of amides is 2. The monoisotopic (exact) mass is 432 g/mol. The maximum Gasteiger partial charge on any atom is 0.255 e. The van der Waals surface area contributed by atoms with Gasteiger partial charge in [0.1, 0.15) is 0 Å². The zero-order valence-electron chi connectivity index (χ0n) is 19.8. The molecule has 2 fully saturated rings. The Balaban J connectivity index is 1.42. The van der Waals surface area contributed by atoms with Crippen molar-refractivity contribution in [3.63, 3.8) is 0 Å². The second kappa shape index (κ2) is 9.53. The van der Waals surface area contributed by atoms with Crippen LogP contribution in [-0.2, 0) is 9.59 Å². The van der Waals surface area contributed by atoms with Crippen LogP contribution in [0.25, 0.3) is 0 Å². The molecule has 170 valence electrons. The van der Waals surface area contributed by atoms with Gasteiger partial charge in [-0.1, -0.05) is 54.1 Å². The second-order valence-electron chi connectivity index (χ2n) is 10.2. The zero-order chi connectivity index (χ0) is 22.7. The lowest BCUT2D eigenvalue weighted by Crippen LogP contribution is -2.57. The van der Waals surface area contributed by atoms with Crippen LogP contribution in [0.3, 0.4) is 0 Å². The maximum absolute atomic E-state index is 13.7. The van der Waals surface area contributed by atoms with Crippen LogP contribution >= 0.6 is 0 Å². The lowest BCUT2D eigenvalue weighted by atomic mass is 9.70. The minimum absolute atomic E-state index is 0.0750. The summed E-state index contributed by atoms with van der Waals surface area (Å²) in [5.74, 6) is 0.665. The van der Waals surface area contributed by atoms with Crippen LogP contribution in [0.4, 0.5) is 0 Å². The van der Waals surface area contributed by atoms with Crippen molar-refractivity contribution in [2.24, 2.45) is 5.41 Å². The minimum atomic E-state index is -0.532. The third-order valence-corrected chi connectivity index (χ3v) is 7.78. The van der Waals surface area contributed by atoms with E-state index < -0.39 is 5.41 Å². The summed E-state index contributed by atoms with van der Waals surface area (Å²) in [5.41, 5.74) is 10.0. The molecule has 0 radical (unpaired) electrons. The molecule has 1 saturated heterocycles. The molecule has 3 aliphatic rings. The lowest BCUT2D eigenvalue weighted by Gasteiger charge is -2.45. The smallest absolute Gasteiger partial charge is 0.255 e. The first kappa shape index (κ1) is 22.6. The molecule has 32 heavy (non-hydrogen) atoms. The van der Waals surface area contributed by atoms with Gasteiger partial charge < -0.3 is 10.2 Å². The van der Waals surface area contributed by atoms with Crippen LogP contribution in [0.1, 0.15) is 82.3 Å². The van der Waals surface area contributed by atoms with Crippen molar-refractivity contribution in [3.8, 4) is 0 Å². The molecule has 4 nitrogen and oxygen atoms in total. The van der Waals surface area contributed by atoms with E-state index in [0.29, 0.717) is 17.9 Å². The van der Waals surface area contributed by atoms with E-state index in [1.807, 2.05) is 6.92 Å². The third kappa shape index (κ3) is 4.77. The molecule has 0 aromatic heterocycles. The van der Waals surface area contributed by atoms with Gasteiger partial charge in [-0.3, -0.25) is 9.59 Å². The highest BCUT2D eigenvalue weighted by Crippen LogP contribution is 2.40. The molecule has 1 aromatic rings. The molecule has 4 rings (SSSR count). The first-order valence-corrected chi connectivity index (χ1v) is 12.2. The summed E-state index contributed by atoms with van der Waals surface area (Å²) < 4.78 is 0. The standard InChI is InChI=1S/C28H36N2O2/c1-20-7-11-22(12-8-20)23-15-18-30(19-16-23)27(32)28(3)17-5-4-6-25(28)29-26(31)24-13-9-21(2)10-14-24/h7-8,11-12,23,25H,4-6,9,13,15-19H2,1-3H3,(H,29,31)/t25-,28+/m1/s1. The Hall–Kier alpha value is -2.54. The lowest BCUT2D eigenvalue weighted by molar-refractivity contribution is -0.146. The van der Waals surface area contributed by atoms with E-state index in [2.05, 4.69) is 59.8 Å². The van der Waals surface area contributed by atoms with Crippen LogP contribution in [-0.4, -0.2) is 35.8 Å². The number of allylic oxidation sites excluding steroid dienone is 1. The highest BCUT2D eigenvalue weighted by atomic mass is 16.2. The fourth-order valence-electron chi connectivity index (χ4n) is 5.47. The van der Waals surface area contributed by atoms with E-state index in [0.717, 1.165) is 63.6 Å². The summed E-state index contributed by atoms with van der Waals surface area (Å²) >= 11 is 0. The number of hydrogen-bond donors (Lipinski definition) is 1. The Morgan fingerprint density at radius 3 is 2.38 bits per heavy atom. The van der Waals surface area contributed by atoms with E-state index in [-0.39, 0.29) is 17.9 Å². The van der Waals surface area contributed by atoms with E-state index in [1.165, 1.54) is 11.1 Å². The Bertz CT molecular complexity index is 971. The van der Waals surface area contributed by atoms with Crippen molar-refractivity contribution in [2.45, 2.75) is 84.1 Å². The van der Waals surface area contributed by atoms with Crippen molar-refractivity contribution in [3.05, 3.63) is 58.0 Å². The Labute approximate surface area is 192 Å². The first-order chi connectivity index (χ1) is 15.4. The highest BCUT2D eigenvalue weighted by molar-refractivity contribution is 5.94. The van der Waals surface area contributed by atoms with Gasteiger partial charge in [-0.25, -0.2) is 0 Å². The second-order valence-corrected chi connectivity index (χ2v) is 10.2. The number of benzene rings is 1. The SMILES string of the molecule is CC1=C=C=C(C(=O)N[C@@H]2CCCC[C@]2(C)C(=O)N2CCC(c3ccc(C)cc3)CC2)CC1. The summed E-state index contributed by atoms with van der Waals surface area (Å²) in [7, 11) is 0. The summed E-state index contributed by atoms with van der Waals surface area (Å²) in [6, 6.07) is 8.70. The average molecular weight is 433 g/mol. The number of hydrogen-bond acceptors (Lipinski definition) is 2. The number of likely N-dealkylation sites (tertiary alicyclic amines) is 1. The van der Waals surface area contributed by atoms with Gasteiger partial charge in [0.15, 0.2) is 0 Å². The summed E-state index contributed by atoms with van der Waals surface area (Å²) in [6.45, 7) is 7.79. The molecule has 2 aliphatic carbocycles. The predicted molar refractivity (Wildman–Crippen MR) is 127 cm³/mol. The highest BCUT2D eigenvalue weighted by Gasteiger charge is 2.46. The van der Waals surface area contributed by atoms with E-state index in [1.54, 1.807) is 0 Å². The maximum atomic E-state index is 13.7. The molecule has 1 heterocycles. The Morgan fingerprint density at radius 1 is 1.00 bits per heavy atom. The number of rotatable bonds is 4. The van der Waals surface area contributed by atoms with Crippen LogP contribution < -0.4 is 5.32 Å². The number of nitrogens with one attached hydrogen (secondary N) is 1. The first-order valence-electron chi connectivity index (χ1n) is 12.2. The Kier molecular flexibility index (Phi) is 6.74. The number of aryl methyl sites for hydroxylation is 1. The molecule has 0 spiro atoms. The minimum Gasteiger partial charge on any atom is -0.348 e. The topological polar surface area (TPSA) is 49.4 Å². The normalized spacial score (nSPS) is 26.3. The van der Waals surface area contributed by atoms with E-state index >= 15 is 0 Å². The molecule has 4 heteroatoms. The summed E-state index contributed by atoms with van der Waals surface area (Å²) in [4.78, 5) is 28.7. The molecule has 1 aromatic carbocycles. The van der Waals surface area contributed by atoms with Gasteiger partial charge in [0.2, 0.25) is 5.91 Å². The van der Waals surface area contributed by atoms with Gasteiger partial charge in [0, 0.05) is 19.1 Å². The van der Waals surface area contributed by atoms with E-state index in [9.17, 15) is 9.59 Å². The van der Waals surface area contributed by atoms with Crippen LogP contribution in [0.5, 0.6) is 0 Å². The zero-order valence-corrected chi connectivity index (χ0v) is 19.8. The number of carbonyl (C=O) groups is 2. The van der Waals surface area contributed by atoms with Crippen LogP contribution in [0, 0.1) is 12.3 Å². The quantitative estimate of drug-likeness (QED) is 0.666. The van der Waals surface area contributed by atoms with Gasteiger partial charge in [-0.15, -0.1) is 0 Å². The van der Waals surface area contributed by atoms with Crippen molar-refractivity contribution in [2.75, 3.05) is 13.1 Å². The Morgan fingerprint density at radius 2 is 1.72 bits per heavy atom. The fraction of sp³-hybridized carbons (Fsp3) is 0.571. The van der Waals surface area contributed by atoms with E-state index in [4.69, 9.17) is 0 Å². The third-order valence-electron chi connectivity index (χ3n) is 7.78. The van der Waals surface area contributed by atoms with Gasteiger partial charge in [0.05, 0.1) is 11.0 Å². The molecule has 2 amide bonds. The average Bonchev–Trinajstić information content (AvgIpc) is 2.81. The van der Waals surface area contributed by atoms with Gasteiger partial charge in [-0.2, -0.15) is 0 Å². The van der Waals surface area contributed by atoms with Crippen LogP contribution in [0.15, 0.2) is 46.9 Å². The molecule has 2 atom stereocenters. The van der Waals surface area contributed by atoms with Gasteiger partial charge in [0.25, 0.3) is 5.91 Å². The number of carbonyl (C=O) groups excluding carboxylic acids is 2. The molecular weight excluding hydrogens is 396 g/mol. The molecule has 1 N–H and O–H groups in total.